The highest BCUT2D eigenvalue weighted by atomic mass is 32.1. The average molecular weight is 333 g/mol. The number of hydrogen-bond acceptors (Lipinski definition) is 3. The molecule has 3 aromatic heterocycles. The Kier molecular flexibility index (Phi) is 3.84. The molecule has 0 bridgehead atoms. The topological polar surface area (TPSA) is 57.8 Å². The van der Waals surface area contributed by atoms with Crippen LogP contribution in [0.15, 0.2) is 66.3 Å². The van der Waals surface area contributed by atoms with Crippen LogP contribution in [0.5, 0.6) is 0 Å². The molecule has 0 spiro atoms. The van der Waals surface area contributed by atoms with Gasteiger partial charge in [0.2, 0.25) is 0 Å². The van der Waals surface area contributed by atoms with Gasteiger partial charge in [-0.2, -0.15) is 0 Å². The minimum atomic E-state index is -0.0824. The molecule has 5 heteroatoms. The normalized spacial score (nSPS) is 10.8. The second kappa shape index (κ2) is 6.29. The lowest BCUT2D eigenvalue weighted by molar-refractivity contribution is 0.0951. The molecule has 4 rings (SSSR count). The highest BCUT2D eigenvalue weighted by molar-refractivity contribution is 7.13. The van der Waals surface area contributed by atoms with Crippen molar-refractivity contribution in [1.29, 1.82) is 0 Å². The van der Waals surface area contributed by atoms with Gasteiger partial charge in [-0.05, 0) is 52.7 Å². The van der Waals surface area contributed by atoms with Gasteiger partial charge in [-0.15, -0.1) is 11.3 Å². The van der Waals surface area contributed by atoms with E-state index < -0.39 is 0 Å². The van der Waals surface area contributed by atoms with E-state index in [-0.39, 0.29) is 5.91 Å². The minimum absolute atomic E-state index is 0.0824. The Balaban J connectivity index is 1.48. The molecule has 0 fully saturated rings. The van der Waals surface area contributed by atoms with Gasteiger partial charge in [-0.1, -0.05) is 12.1 Å². The maximum atomic E-state index is 12.4. The van der Waals surface area contributed by atoms with Crippen LogP contribution in [0.1, 0.15) is 15.9 Å². The summed E-state index contributed by atoms with van der Waals surface area (Å²) >= 11 is 1.65. The van der Waals surface area contributed by atoms with E-state index in [1.807, 2.05) is 60.1 Å². The summed E-state index contributed by atoms with van der Waals surface area (Å²) < 4.78 is 0. The van der Waals surface area contributed by atoms with E-state index in [4.69, 9.17) is 0 Å². The summed E-state index contributed by atoms with van der Waals surface area (Å²) in [6.45, 7) is 0.475. The summed E-state index contributed by atoms with van der Waals surface area (Å²) in [7, 11) is 0. The Labute approximate surface area is 143 Å². The first kappa shape index (κ1) is 14.7. The van der Waals surface area contributed by atoms with Crippen LogP contribution in [-0.2, 0) is 6.54 Å². The number of carbonyl (C=O) groups excluding carboxylic acids is 1. The fourth-order valence-electron chi connectivity index (χ4n) is 2.62. The molecule has 1 amide bonds. The quantitative estimate of drug-likeness (QED) is 0.587. The van der Waals surface area contributed by atoms with Crippen LogP contribution >= 0.6 is 11.3 Å². The molecule has 0 saturated carbocycles. The van der Waals surface area contributed by atoms with Crippen molar-refractivity contribution in [3.05, 3.63) is 77.4 Å². The maximum absolute atomic E-state index is 12.4. The summed E-state index contributed by atoms with van der Waals surface area (Å²) in [6, 6.07) is 15.6. The molecule has 0 aliphatic heterocycles. The summed E-state index contributed by atoms with van der Waals surface area (Å²) in [5.41, 5.74) is 3.58. The molecule has 0 atom stereocenters. The largest absolute Gasteiger partial charge is 0.361 e. The fourth-order valence-corrected chi connectivity index (χ4v) is 3.31. The number of carbonyl (C=O) groups is 1. The van der Waals surface area contributed by atoms with Crippen LogP contribution in [0.4, 0.5) is 0 Å². The number of rotatable bonds is 4. The zero-order chi connectivity index (χ0) is 16.4. The zero-order valence-electron chi connectivity index (χ0n) is 12.8. The molecule has 2 N–H and O–H groups in total. The van der Waals surface area contributed by atoms with Crippen molar-refractivity contribution >= 4 is 28.1 Å². The summed E-state index contributed by atoms with van der Waals surface area (Å²) in [5, 5.41) is 6.10. The molecule has 3 heterocycles. The van der Waals surface area contributed by atoms with Gasteiger partial charge >= 0.3 is 0 Å². The number of amides is 1. The molecule has 0 radical (unpaired) electrons. The third-order valence-electron chi connectivity index (χ3n) is 3.87. The third-order valence-corrected chi connectivity index (χ3v) is 4.76. The van der Waals surface area contributed by atoms with Crippen LogP contribution in [-0.4, -0.2) is 15.9 Å². The number of fused-ring (bicyclic) bond motifs is 1. The van der Waals surface area contributed by atoms with Crippen LogP contribution in [0, 0.1) is 0 Å². The number of aromatic nitrogens is 2. The summed E-state index contributed by atoms with van der Waals surface area (Å²) in [5.74, 6) is -0.0824. The molecule has 1 aromatic carbocycles. The number of aromatic amines is 1. The summed E-state index contributed by atoms with van der Waals surface area (Å²) in [4.78, 5) is 21.0. The number of nitrogens with one attached hydrogen (secondary N) is 2. The Morgan fingerprint density at radius 2 is 2.12 bits per heavy atom. The molecular formula is C19H15N3OS. The van der Waals surface area contributed by atoms with Gasteiger partial charge in [0.1, 0.15) is 0 Å². The van der Waals surface area contributed by atoms with Crippen molar-refractivity contribution < 1.29 is 4.79 Å². The van der Waals surface area contributed by atoms with Gasteiger partial charge in [-0.3, -0.25) is 9.78 Å². The Hall–Kier alpha value is -2.92. The lowest BCUT2D eigenvalue weighted by Crippen LogP contribution is -2.22. The lowest BCUT2D eigenvalue weighted by Gasteiger charge is -2.07. The van der Waals surface area contributed by atoms with Gasteiger partial charge < -0.3 is 10.3 Å². The molecule has 0 aliphatic carbocycles. The number of thiophene rings is 1. The Bertz CT molecular complexity index is 989. The first-order valence-electron chi connectivity index (χ1n) is 7.64. The van der Waals surface area contributed by atoms with Gasteiger partial charge in [0.15, 0.2) is 0 Å². The monoisotopic (exact) mass is 333 g/mol. The van der Waals surface area contributed by atoms with Crippen molar-refractivity contribution in [1.82, 2.24) is 15.3 Å². The summed E-state index contributed by atoms with van der Waals surface area (Å²) in [6.07, 6.45) is 3.65. The van der Waals surface area contributed by atoms with Gasteiger partial charge in [0.05, 0.1) is 10.6 Å². The molecule has 0 aliphatic rings. The van der Waals surface area contributed by atoms with Crippen LogP contribution < -0.4 is 5.32 Å². The first-order valence-corrected chi connectivity index (χ1v) is 8.52. The molecular weight excluding hydrogens is 318 g/mol. The van der Waals surface area contributed by atoms with E-state index in [2.05, 4.69) is 15.3 Å². The number of pyridine rings is 1. The van der Waals surface area contributed by atoms with E-state index in [9.17, 15) is 4.79 Å². The smallest absolute Gasteiger partial charge is 0.251 e. The molecule has 24 heavy (non-hydrogen) atoms. The Morgan fingerprint density at radius 1 is 1.17 bits per heavy atom. The number of H-pyrrole nitrogens is 1. The van der Waals surface area contributed by atoms with Crippen LogP contribution in [0.2, 0.25) is 0 Å². The standard InChI is InChI=1S/C19H15N3OS/c23-19(15-4-3-14-6-8-20-16(14)11-15)22-12-13-5-7-21-17(10-13)18-2-1-9-24-18/h1-11,20H,12H2,(H,22,23). The second-order valence-electron chi connectivity index (χ2n) is 5.49. The maximum Gasteiger partial charge on any atom is 0.251 e. The molecule has 118 valence electrons. The predicted molar refractivity (Wildman–Crippen MR) is 97.0 cm³/mol. The van der Waals surface area contributed by atoms with E-state index in [0.29, 0.717) is 12.1 Å². The number of nitrogens with zero attached hydrogens (tertiary/aromatic N) is 1. The highest BCUT2D eigenvalue weighted by Crippen LogP contribution is 2.23. The van der Waals surface area contributed by atoms with Crippen molar-refractivity contribution in [3.8, 4) is 10.6 Å². The van der Waals surface area contributed by atoms with Crippen LogP contribution in [0.3, 0.4) is 0 Å². The Morgan fingerprint density at radius 3 is 3.00 bits per heavy atom. The van der Waals surface area contributed by atoms with Gasteiger partial charge in [-0.25, -0.2) is 0 Å². The first-order chi connectivity index (χ1) is 11.8. The SMILES string of the molecule is O=C(NCc1ccnc(-c2cccs2)c1)c1ccc2cc[nH]c2c1. The van der Waals surface area contributed by atoms with E-state index in [1.165, 1.54) is 0 Å². The van der Waals surface area contributed by atoms with Crippen molar-refractivity contribution in [2.24, 2.45) is 0 Å². The third kappa shape index (κ3) is 2.94. The zero-order valence-corrected chi connectivity index (χ0v) is 13.6. The highest BCUT2D eigenvalue weighted by Gasteiger charge is 2.08. The average Bonchev–Trinajstić information content (AvgIpc) is 3.30. The minimum Gasteiger partial charge on any atom is -0.361 e. The van der Waals surface area contributed by atoms with E-state index >= 15 is 0 Å². The van der Waals surface area contributed by atoms with E-state index in [0.717, 1.165) is 27.0 Å². The van der Waals surface area contributed by atoms with Crippen molar-refractivity contribution in [3.63, 3.8) is 0 Å². The molecule has 0 unspecified atom stereocenters. The van der Waals surface area contributed by atoms with Crippen molar-refractivity contribution in [2.75, 3.05) is 0 Å². The van der Waals surface area contributed by atoms with Gasteiger partial charge in [0, 0.05) is 30.0 Å². The fraction of sp³-hybridized carbons (Fsp3) is 0.0526. The van der Waals surface area contributed by atoms with E-state index in [1.54, 1.807) is 17.5 Å². The van der Waals surface area contributed by atoms with Crippen molar-refractivity contribution in [2.45, 2.75) is 6.54 Å². The molecule has 4 aromatic rings. The predicted octanol–water partition coefficient (Wildman–Crippen LogP) is 4.22. The molecule has 0 saturated heterocycles. The van der Waals surface area contributed by atoms with Crippen LogP contribution in [0.25, 0.3) is 21.5 Å². The molecule has 4 nitrogen and oxygen atoms in total. The number of hydrogen-bond donors (Lipinski definition) is 2. The second-order valence-corrected chi connectivity index (χ2v) is 6.44. The number of benzene rings is 1. The lowest BCUT2D eigenvalue weighted by atomic mass is 10.1. The van der Waals surface area contributed by atoms with Gasteiger partial charge in [0.25, 0.3) is 5.91 Å².